The number of amides is 1. The summed E-state index contributed by atoms with van der Waals surface area (Å²) in [6.45, 7) is 5.74. The molecule has 1 amide bonds. The quantitative estimate of drug-likeness (QED) is 0.847. The summed E-state index contributed by atoms with van der Waals surface area (Å²) in [7, 11) is -4.51. The van der Waals surface area contributed by atoms with Crippen molar-refractivity contribution >= 4 is 16.3 Å². The molecule has 5 nitrogen and oxygen atoms in total. The molecule has 118 valence electrons. The summed E-state index contributed by atoms with van der Waals surface area (Å²) in [5, 5.41) is 2.62. The van der Waals surface area contributed by atoms with E-state index in [9.17, 15) is 17.1 Å². The molecule has 0 aliphatic heterocycles. The molecule has 0 bridgehead atoms. The fraction of sp³-hybridized carbons (Fsp3) is 0.500. The standard InChI is InChI=1S/C14H20FNO4S/c1-14(2,3)20-13(17)16-9-8-11-4-6-12(7-5-11)10-21(15,18)19/h4-7H,8-10H2,1-3H3,(H,16,17). The number of nitrogens with one attached hydrogen (secondary N) is 1. The van der Waals surface area contributed by atoms with Crippen LogP contribution in [0.3, 0.4) is 0 Å². The summed E-state index contributed by atoms with van der Waals surface area (Å²) in [5.41, 5.74) is 0.760. The Balaban J connectivity index is 2.41. The Bertz CT molecular complexity index is 576. The van der Waals surface area contributed by atoms with Crippen molar-refractivity contribution in [1.29, 1.82) is 0 Å². The van der Waals surface area contributed by atoms with Gasteiger partial charge in [0.05, 0.1) is 0 Å². The summed E-state index contributed by atoms with van der Waals surface area (Å²) in [5.74, 6) is -0.622. The molecular formula is C14H20FNO4S. The number of alkyl carbamates (subject to hydrolysis) is 1. The fourth-order valence-corrected chi connectivity index (χ4v) is 2.21. The zero-order chi connectivity index (χ0) is 16.1. The van der Waals surface area contributed by atoms with Crippen molar-refractivity contribution in [2.24, 2.45) is 0 Å². The molecule has 0 saturated carbocycles. The van der Waals surface area contributed by atoms with Gasteiger partial charge in [0.2, 0.25) is 0 Å². The van der Waals surface area contributed by atoms with Crippen molar-refractivity contribution in [3.8, 4) is 0 Å². The average molecular weight is 317 g/mol. The van der Waals surface area contributed by atoms with Crippen molar-refractivity contribution < 1.29 is 21.8 Å². The highest BCUT2D eigenvalue weighted by atomic mass is 32.3. The van der Waals surface area contributed by atoms with Crippen LogP contribution in [0.5, 0.6) is 0 Å². The molecule has 0 heterocycles. The molecule has 0 aromatic heterocycles. The van der Waals surface area contributed by atoms with E-state index in [1.54, 1.807) is 45.0 Å². The molecule has 1 rings (SSSR count). The minimum atomic E-state index is -4.51. The van der Waals surface area contributed by atoms with Gasteiger partial charge in [0.25, 0.3) is 0 Å². The molecule has 1 aromatic rings. The van der Waals surface area contributed by atoms with Crippen LogP contribution in [0.25, 0.3) is 0 Å². The second-order valence-corrected chi connectivity index (χ2v) is 7.04. The first-order valence-corrected chi connectivity index (χ1v) is 8.07. The van der Waals surface area contributed by atoms with Crippen LogP contribution in [-0.2, 0) is 27.1 Å². The van der Waals surface area contributed by atoms with Gasteiger partial charge < -0.3 is 10.1 Å². The summed E-state index contributed by atoms with van der Waals surface area (Å²) in [6, 6.07) is 6.52. The Morgan fingerprint density at radius 2 is 1.71 bits per heavy atom. The van der Waals surface area contributed by atoms with Gasteiger partial charge in [0, 0.05) is 6.54 Å². The lowest BCUT2D eigenvalue weighted by atomic mass is 10.1. The van der Waals surface area contributed by atoms with Crippen LogP contribution in [0.1, 0.15) is 31.9 Å². The molecule has 0 radical (unpaired) electrons. The van der Waals surface area contributed by atoms with Crippen molar-refractivity contribution in [2.45, 2.75) is 38.5 Å². The molecule has 7 heteroatoms. The number of benzene rings is 1. The van der Waals surface area contributed by atoms with Crippen molar-refractivity contribution in [3.05, 3.63) is 35.4 Å². The van der Waals surface area contributed by atoms with Crippen LogP contribution in [0.2, 0.25) is 0 Å². The van der Waals surface area contributed by atoms with Crippen LogP contribution in [0.4, 0.5) is 8.68 Å². The van der Waals surface area contributed by atoms with E-state index < -0.39 is 27.7 Å². The van der Waals surface area contributed by atoms with E-state index in [0.717, 1.165) is 5.56 Å². The van der Waals surface area contributed by atoms with Crippen LogP contribution in [0, 0.1) is 0 Å². The van der Waals surface area contributed by atoms with Gasteiger partial charge in [-0.15, -0.1) is 3.89 Å². The highest BCUT2D eigenvalue weighted by molar-refractivity contribution is 7.85. The number of halogens is 1. The maximum absolute atomic E-state index is 12.5. The van der Waals surface area contributed by atoms with Crippen LogP contribution < -0.4 is 5.32 Å². The van der Waals surface area contributed by atoms with Crippen molar-refractivity contribution in [2.75, 3.05) is 6.54 Å². The van der Waals surface area contributed by atoms with E-state index in [2.05, 4.69) is 5.32 Å². The number of carbonyl (C=O) groups excluding carboxylic acids is 1. The van der Waals surface area contributed by atoms with Crippen LogP contribution in [-0.4, -0.2) is 26.7 Å². The molecule has 0 aliphatic carbocycles. The number of hydrogen-bond acceptors (Lipinski definition) is 4. The van der Waals surface area contributed by atoms with E-state index in [0.29, 0.717) is 18.5 Å². The van der Waals surface area contributed by atoms with Gasteiger partial charge in [0.15, 0.2) is 0 Å². The van der Waals surface area contributed by atoms with Gasteiger partial charge in [-0.05, 0) is 38.3 Å². The van der Waals surface area contributed by atoms with Gasteiger partial charge in [-0.25, -0.2) is 4.79 Å². The zero-order valence-electron chi connectivity index (χ0n) is 12.3. The minimum Gasteiger partial charge on any atom is -0.444 e. The van der Waals surface area contributed by atoms with E-state index in [-0.39, 0.29) is 0 Å². The normalized spacial score (nSPS) is 12.0. The first-order chi connectivity index (χ1) is 9.55. The van der Waals surface area contributed by atoms with Crippen molar-refractivity contribution in [1.82, 2.24) is 5.32 Å². The van der Waals surface area contributed by atoms with E-state index >= 15 is 0 Å². The first-order valence-electron chi connectivity index (χ1n) is 6.52. The average Bonchev–Trinajstić information content (AvgIpc) is 2.27. The SMILES string of the molecule is CC(C)(C)OC(=O)NCCc1ccc(CS(=O)(=O)F)cc1. The van der Waals surface area contributed by atoms with Gasteiger partial charge in [-0.3, -0.25) is 0 Å². The first kappa shape index (κ1) is 17.4. The Hall–Kier alpha value is -1.63. The topological polar surface area (TPSA) is 72.5 Å². The Labute approximate surface area is 124 Å². The second kappa shape index (κ2) is 6.89. The minimum absolute atomic E-state index is 0.390. The second-order valence-electron chi connectivity index (χ2n) is 5.68. The molecule has 0 saturated heterocycles. The van der Waals surface area contributed by atoms with E-state index in [1.165, 1.54) is 0 Å². The molecule has 1 N–H and O–H groups in total. The van der Waals surface area contributed by atoms with E-state index in [4.69, 9.17) is 4.74 Å². The highest BCUT2D eigenvalue weighted by Crippen LogP contribution is 2.10. The summed E-state index contributed by atoms with van der Waals surface area (Å²) < 4.78 is 38.6. The lowest BCUT2D eigenvalue weighted by molar-refractivity contribution is 0.0528. The van der Waals surface area contributed by atoms with Crippen molar-refractivity contribution in [3.63, 3.8) is 0 Å². The highest BCUT2D eigenvalue weighted by Gasteiger charge is 2.15. The number of carbonyl (C=O) groups is 1. The molecule has 1 aromatic carbocycles. The molecule has 21 heavy (non-hydrogen) atoms. The third kappa shape index (κ3) is 8.29. The van der Waals surface area contributed by atoms with Gasteiger partial charge in [-0.1, -0.05) is 24.3 Å². The smallest absolute Gasteiger partial charge is 0.407 e. The molecule has 0 aliphatic rings. The third-order valence-corrected chi connectivity index (χ3v) is 3.12. The maximum atomic E-state index is 12.5. The zero-order valence-corrected chi connectivity index (χ0v) is 13.2. The molecule has 0 atom stereocenters. The lowest BCUT2D eigenvalue weighted by Crippen LogP contribution is -2.33. The van der Waals surface area contributed by atoms with Gasteiger partial charge in [0.1, 0.15) is 11.4 Å². The molecular weight excluding hydrogens is 297 g/mol. The largest absolute Gasteiger partial charge is 0.444 e. The Morgan fingerprint density at radius 1 is 1.19 bits per heavy atom. The number of rotatable bonds is 5. The van der Waals surface area contributed by atoms with E-state index in [1.807, 2.05) is 0 Å². The lowest BCUT2D eigenvalue weighted by Gasteiger charge is -2.19. The van der Waals surface area contributed by atoms with Crippen LogP contribution in [0.15, 0.2) is 24.3 Å². The summed E-state index contributed by atoms with van der Waals surface area (Å²) in [4.78, 5) is 11.4. The Kier molecular flexibility index (Phi) is 5.71. The predicted octanol–water partition coefficient (Wildman–Crippen LogP) is 2.55. The number of ether oxygens (including phenoxy) is 1. The maximum Gasteiger partial charge on any atom is 0.407 e. The molecule has 0 fully saturated rings. The monoisotopic (exact) mass is 317 g/mol. The van der Waals surface area contributed by atoms with Crippen LogP contribution >= 0.6 is 0 Å². The molecule has 0 unspecified atom stereocenters. The Morgan fingerprint density at radius 3 is 2.19 bits per heavy atom. The third-order valence-electron chi connectivity index (χ3n) is 2.44. The van der Waals surface area contributed by atoms with Gasteiger partial charge >= 0.3 is 16.3 Å². The van der Waals surface area contributed by atoms with Gasteiger partial charge in [-0.2, -0.15) is 8.42 Å². The number of hydrogen-bond donors (Lipinski definition) is 1. The molecule has 0 spiro atoms. The summed E-state index contributed by atoms with van der Waals surface area (Å²) >= 11 is 0. The predicted molar refractivity (Wildman–Crippen MR) is 78.1 cm³/mol. The summed E-state index contributed by atoms with van der Waals surface area (Å²) in [6.07, 6.45) is 0.0877. The fourth-order valence-electron chi connectivity index (χ4n) is 1.62.